The fourth-order valence-electron chi connectivity index (χ4n) is 2.03. The Bertz CT molecular complexity index is 722. The van der Waals surface area contributed by atoms with Crippen molar-refractivity contribution in [3.8, 4) is 5.69 Å². The maximum atomic E-state index is 11.8. The molecule has 2 rings (SSSR count). The van der Waals surface area contributed by atoms with E-state index >= 15 is 0 Å². The Morgan fingerprint density at radius 1 is 1.38 bits per heavy atom. The monoisotopic (exact) mass is 288 g/mol. The molecule has 1 aromatic carbocycles. The molecule has 0 fully saturated rings. The molecule has 1 aromatic heterocycles. The Labute approximate surface area is 121 Å². The van der Waals surface area contributed by atoms with E-state index in [9.17, 15) is 9.59 Å². The number of aromatic carboxylic acids is 1. The maximum Gasteiger partial charge on any atom is 0.360 e. The molecule has 6 heteroatoms. The molecule has 6 nitrogen and oxygen atoms in total. The number of carbonyl (C=O) groups is 1. The number of hydrogen-bond donors (Lipinski definition) is 1. The van der Waals surface area contributed by atoms with Crippen molar-refractivity contribution in [2.75, 3.05) is 13.7 Å². The van der Waals surface area contributed by atoms with Crippen LogP contribution in [0.25, 0.3) is 5.69 Å². The molecule has 1 N–H and O–H groups in total. The van der Waals surface area contributed by atoms with Crippen LogP contribution in [0.1, 0.15) is 21.6 Å². The second-order valence-electron chi connectivity index (χ2n) is 4.61. The van der Waals surface area contributed by atoms with Crippen LogP contribution in [0.5, 0.6) is 0 Å². The van der Waals surface area contributed by atoms with Gasteiger partial charge in [0, 0.05) is 18.9 Å². The molecule has 0 saturated heterocycles. The summed E-state index contributed by atoms with van der Waals surface area (Å²) in [4.78, 5) is 22.9. The van der Waals surface area contributed by atoms with E-state index in [2.05, 4.69) is 5.10 Å². The predicted octanol–water partition coefficient (Wildman–Crippen LogP) is 1.43. The van der Waals surface area contributed by atoms with E-state index in [0.717, 1.165) is 11.3 Å². The smallest absolute Gasteiger partial charge is 0.360 e. The topological polar surface area (TPSA) is 81.4 Å². The molecule has 0 unspecified atom stereocenters. The minimum atomic E-state index is -1.33. The highest BCUT2D eigenvalue weighted by molar-refractivity contribution is 5.85. The zero-order chi connectivity index (χ0) is 15.4. The number of hydrogen-bond acceptors (Lipinski definition) is 4. The first-order chi connectivity index (χ1) is 10.0. The summed E-state index contributed by atoms with van der Waals surface area (Å²) in [7, 11) is 1.62. The Morgan fingerprint density at radius 2 is 2.10 bits per heavy atom. The third-order valence-corrected chi connectivity index (χ3v) is 3.11. The second kappa shape index (κ2) is 6.32. The number of benzene rings is 1. The summed E-state index contributed by atoms with van der Waals surface area (Å²) in [5, 5.41) is 13.0. The van der Waals surface area contributed by atoms with E-state index in [1.54, 1.807) is 20.2 Å². The first-order valence-electron chi connectivity index (χ1n) is 6.45. The zero-order valence-corrected chi connectivity index (χ0v) is 11.9. The molecule has 0 aliphatic heterocycles. The van der Waals surface area contributed by atoms with Crippen molar-refractivity contribution in [2.24, 2.45) is 0 Å². The molecule has 0 aliphatic rings. The molecule has 2 aromatic rings. The second-order valence-corrected chi connectivity index (χ2v) is 4.61. The van der Waals surface area contributed by atoms with Gasteiger partial charge in [-0.25, -0.2) is 9.48 Å². The van der Waals surface area contributed by atoms with Crippen molar-refractivity contribution in [2.45, 2.75) is 13.3 Å². The van der Waals surface area contributed by atoms with Crippen molar-refractivity contribution in [3.63, 3.8) is 0 Å². The highest BCUT2D eigenvalue weighted by Gasteiger charge is 2.15. The van der Waals surface area contributed by atoms with E-state index in [1.165, 1.54) is 4.68 Å². The van der Waals surface area contributed by atoms with Crippen LogP contribution in [-0.4, -0.2) is 34.6 Å². The number of rotatable bonds is 5. The third kappa shape index (κ3) is 3.17. The van der Waals surface area contributed by atoms with Gasteiger partial charge >= 0.3 is 5.97 Å². The number of para-hydroxylation sites is 1. The zero-order valence-electron chi connectivity index (χ0n) is 11.9. The van der Waals surface area contributed by atoms with Crippen molar-refractivity contribution < 1.29 is 14.6 Å². The van der Waals surface area contributed by atoms with Gasteiger partial charge in [-0.3, -0.25) is 4.79 Å². The summed E-state index contributed by atoms with van der Waals surface area (Å²) in [5.41, 5.74) is 1.000. The van der Waals surface area contributed by atoms with E-state index < -0.39 is 17.1 Å². The highest BCUT2D eigenvalue weighted by Crippen LogP contribution is 2.14. The number of aryl methyl sites for hydroxylation is 1. The van der Waals surface area contributed by atoms with E-state index in [4.69, 9.17) is 9.84 Å². The summed E-state index contributed by atoms with van der Waals surface area (Å²) in [6.07, 6.45) is 2.21. The molecular formula is C15H16N2O4. The van der Waals surface area contributed by atoms with Crippen LogP contribution in [0.4, 0.5) is 0 Å². The van der Waals surface area contributed by atoms with Crippen molar-refractivity contribution in [1.82, 2.24) is 9.78 Å². The number of carboxylic acids is 1. The standard InChI is InChI=1S/C15H16N2O4/c1-10-9-17(16-13(14(10)18)15(19)20)12-6-4-3-5-11(12)7-8-21-2/h3-6,9H,7-8H2,1-2H3,(H,19,20). The molecule has 0 atom stereocenters. The van der Waals surface area contributed by atoms with E-state index in [-0.39, 0.29) is 0 Å². The van der Waals surface area contributed by atoms with E-state index in [1.807, 2.05) is 24.3 Å². The van der Waals surface area contributed by atoms with Gasteiger partial charge < -0.3 is 9.84 Å². The van der Waals surface area contributed by atoms with Crippen molar-refractivity contribution in [3.05, 3.63) is 57.5 Å². The molecule has 21 heavy (non-hydrogen) atoms. The van der Waals surface area contributed by atoms with Gasteiger partial charge in [0.25, 0.3) is 0 Å². The summed E-state index contributed by atoms with van der Waals surface area (Å²) in [6.45, 7) is 2.12. The average Bonchev–Trinajstić information content (AvgIpc) is 2.47. The first-order valence-corrected chi connectivity index (χ1v) is 6.45. The van der Waals surface area contributed by atoms with Crippen molar-refractivity contribution >= 4 is 5.97 Å². The predicted molar refractivity (Wildman–Crippen MR) is 77.1 cm³/mol. The molecule has 110 valence electrons. The maximum absolute atomic E-state index is 11.8. The lowest BCUT2D eigenvalue weighted by atomic mass is 10.1. The van der Waals surface area contributed by atoms with Gasteiger partial charge in [-0.2, -0.15) is 5.10 Å². The average molecular weight is 288 g/mol. The summed E-state index contributed by atoms with van der Waals surface area (Å²) in [5.74, 6) is -1.33. The Hall–Kier alpha value is -2.47. The van der Waals surface area contributed by atoms with Crippen LogP contribution in [0.2, 0.25) is 0 Å². The molecule has 0 spiro atoms. The lowest BCUT2D eigenvalue weighted by molar-refractivity contribution is 0.0686. The minimum Gasteiger partial charge on any atom is -0.476 e. The number of ether oxygens (including phenoxy) is 1. The molecule has 0 saturated carbocycles. The van der Waals surface area contributed by atoms with Gasteiger partial charge in [0.05, 0.1) is 12.3 Å². The molecule has 1 heterocycles. The van der Waals surface area contributed by atoms with Gasteiger partial charge in [-0.05, 0) is 25.0 Å². The number of nitrogens with zero attached hydrogens (tertiary/aromatic N) is 2. The van der Waals surface area contributed by atoms with Gasteiger partial charge in [0.1, 0.15) is 0 Å². The van der Waals surface area contributed by atoms with Crippen LogP contribution >= 0.6 is 0 Å². The lowest BCUT2D eigenvalue weighted by Gasteiger charge is -2.12. The van der Waals surface area contributed by atoms with Crippen LogP contribution in [0.3, 0.4) is 0 Å². The van der Waals surface area contributed by atoms with Gasteiger partial charge in [0.2, 0.25) is 11.1 Å². The summed E-state index contributed by atoms with van der Waals surface area (Å²) < 4.78 is 6.50. The lowest BCUT2D eigenvalue weighted by Crippen LogP contribution is -2.23. The van der Waals surface area contributed by atoms with Gasteiger partial charge in [-0.15, -0.1) is 0 Å². The van der Waals surface area contributed by atoms with Crippen LogP contribution in [0, 0.1) is 6.92 Å². The number of methoxy groups -OCH3 is 1. The fraction of sp³-hybridized carbons (Fsp3) is 0.267. The first kappa shape index (κ1) is 14.9. The molecule has 0 bridgehead atoms. The Morgan fingerprint density at radius 3 is 2.76 bits per heavy atom. The molecule has 0 aliphatic carbocycles. The highest BCUT2D eigenvalue weighted by atomic mass is 16.5. The summed E-state index contributed by atoms with van der Waals surface area (Å²) >= 11 is 0. The third-order valence-electron chi connectivity index (χ3n) is 3.11. The number of carboxylic acid groups (broad SMARTS) is 1. The van der Waals surface area contributed by atoms with Crippen LogP contribution < -0.4 is 5.43 Å². The SMILES string of the molecule is COCCc1ccccc1-n1cc(C)c(=O)c(C(=O)O)n1. The Balaban J connectivity index is 2.57. The Kier molecular flexibility index (Phi) is 4.49. The number of aromatic nitrogens is 2. The largest absolute Gasteiger partial charge is 0.476 e. The molecule has 0 radical (unpaired) electrons. The quantitative estimate of drug-likeness (QED) is 0.900. The van der Waals surface area contributed by atoms with Gasteiger partial charge in [-0.1, -0.05) is 18.2 Å². The van der Waals surface area contributed by atoms with E-state index in [0.29, 0.717) is 18.6 Å². The van der Waals surface area contributed by atoms with Crippen LogP contribution in [-0.2, 0) is 11.2 Å². The fourth-order valence-corrected chi connectivity index (χ4v) is 2.03. The van der Waals surface area contributed by atoms with Gasteiger partial charge in [0.15, 0.2) is 0 Å². The van der Waals surface area contributed by atoms with Crippen LogP contribution in [0.15, 0.2) is 35.3 Å². The van der Waals surface area contributed by atoms with Crippen molar-refractivity contribution in [1.29, 1.82) is 0 Å². The summed E-state index contributed by atoms with van der Waals surface area (Å²) in [6, 6.07) is 7.47. The normalized spacial score (nSPS) is 10.6. The molecule has 0 amide bonds. The molecular weight excluding hydrogens is 272 g/mol. The minimum absolute atomic E-state index is 0.337.